The summed E-state index contributed by atoms with van der Waals surface area (Å²) in [6.45, 7) is 8.37. The molecule has 0 fully saturated rings. The van der Waals surface area contributed by atoms with Gasteiger partial charge in [0, 0.05) is 39.2 Å². The monoisotopic (exact) mass is 505 g/mol. The van der Waals surface area contributed by atoms with Crippen LogP contribution < -0.4 is 0 Å². The van der Waals surface area contributed by atoms with Crippen LogP contribution in [0.4, 0.5) is 0 Å². The summed E-state index contributed by atoms with van der Waals surface area (Å²) in [5.74, 6) is 0. The molecule has 0 atom stereocenters. The lowest BCUT2D eigenvalue weighted by atomic mass is 9.96. The summed E-state index contributed by atoms with van der Waals surface area (Å²) < 4.78 is 6.26. The summed E-state index contributed by atoms with van der Waals surface area (Å²) in [6, 6.07) is 29.7. The van der Waals surface area contributed by atoms with Crippen molar-refractivity contribution in [2.45, 2.75) is 27.7 Å². The third kappa shape index (κ3) is 3.88. The van der Waals surface area contributed by atoms with Crippen LogP contribution in [0.25, 0.3) is 66.6 Å². The average Bonchev–Trinajstić information content (AvgIpc) is 3.31. The van der Waals surface area contributed by atoms with Gasteiger partial charge in [0.05, 0.1) is 16.9 Å². The van der Waals surface area contributed by atoms with Gasteiger partial charge in [-0.2, -0.15) is 0 Å². The summed E-state index contributed by atoms with van der Waals surface area (Å²) in [6.07, 6.45) is 1.95. The molecule has 39 heavy (non-hydrogen) atoms. The first-order valence-corrected chi connectivity index (χ1v) is 13.2. The van der Waals surface area contributed by atoms with Crippen molar-refractivity contribution in [3.8, 4) is 33.6 Å². The van der Waals surface area contributed by atoms with Gasteiger partial charge >= 0.3 is 0 Å². The number of fused-ring (bicyclic) bond motifs is 4. The third-order valence-corrected chi connectivity index (χ3v) is 7.62. The van der Waals surface area contributed by atoms with Crippen molar-refractivity contribution >= 4 is 33.0 Å². The minimum absolute atomic E-state index is 0.659. The second-order valence-electron chi connectivity index (χ2n) is 10.3. The van der Waals surface area contributed by atoms with Crippen LogP contribution >= 0.6 is 0 Å². The molecule has 0 saturated carbocycles. The zero-order valence-electron chi connectivity index (χ0n) is 22.4. The first kappa shape index (κ1) is 23.3. The van der Waals surface area contributed by atoms with E-state index in [0.29, 0.717) is 5.71 Å². The highest BCUT2D eigenvalue weighted by Crippen LogP contribution is 2.37. The SMILES string of the molecule is Cc1ccc2c(n1)oc1c(-c3cc(-c4ccc5nc(-c6c(C)cccc6C)ccc5c4)c(C)cn3)cccc12. The predicted molar refractivity (Wildman–Crippen MR) is 160 cm³/mol. The van der Waals surface area contributed by atoms with Crippen LogP contribution in [0.5, 0.6) is 0 Å². The van der Waals surface area contributed by atoms with Gasteiger partial charge in [-0.3, -0.25) is 4.98 Å². The van der Waals surface area contributed by atoms with E-state index in [1.165, 1.54) is 16.7 Å². The third-order valence-electron chi connectivity index (χ3n) is 7.62. The topological polar surface area (TPSA) is 51.8 Å². The molecule has 0 amide bonds. The fourth-order valence-corrected chi connectivity index (χ4v) is 5.61. The molecular weight excluding hydrogens is 478 g/mol. The number of para-hydroxylation sites is 1. The first-order chi connectivity index (χ1) is 19.0. The van der Waals surface area contributed by atoms with E-state index >= 15 is 0 Å². The second kappa shape index (κ2) is 8.88. The molecular formula is C35H27N3O. The molecule has 0 aliphatic rings. The van der Waals surface area contributed by atoms with Crippen LogP contribution in [0.15, 0.2) is 95.5 Å². The van der Waals surface area contributed by atoms with E-state index < -0.39 is 0 Å². The Morgan fingerprint density at radius 1 is 0.615 bits per heavy atom. The summed E-state index contributed by atoms with van der Waals surface area (Å²) in [7, 11) is 0. The van der Waals surface area contributed by atoms with E-state index in [-0.39, 0.29) is 0 Å². The fourth-order valence-electron chi connectivity index (χ4n) is 5.61. The highest BCUT2D eigenvalue weighted by molar-refractivity contribution is 6.08. The zero-order chi connectivity index (χ0) is 26.7. The number of benzene rings is 3. The Kier molecular flexibility index (Phi) is 5.31. The van der Waals surface area contributed by atoms with Gasteiger partial charge in [0.15, 0.2) is 0 Å². The number of nitrogens with zero attached hydrogens (tertiary/aromatic N) is 3. The lowest BCUT2D eigenvalue weighted by Gasteiger charge is -2.12. The van der Waals surface area contributed by atoms with Gasteiger partial charge in [0.2, 0.25) is 5.71 Å². The van der Waals surface area contributed by atoms with Crippen LogP contribution in [0.3, 0.4) is 0 Å². The number of hydrogen-bond acceptors (Lipinski definition) is 4. The number of aryl methyl sites for hydroxylation is 4. The van der Waals surface area contributed by atoms with Crippen LogP contribution in [-0.4, -0.2) is 15.0 Å². The van der Waals surface area contributed by atoms with Crippen molar-refractivity contribution in [2.75, 3.05) is 0 Å². The molecule has 0 N–H and O–H groups in total. The minimum Gasteiger partial charge on any atom is -0.437 e. The van der Waals surface area contributed by atoms with Gasteiger partial charge in [0.25, 0.3) is 0 Å². The van der Waals surface area contributed by atoms with Crippen LogP contribution in [0, 0.1) is 27.7 Å². The number of rotatable bonds is 3. The highest BCUT2D eigenvalue weighted by atomic mass is 16.3. The van der Waals surface area contributed by atoms with E-state index in [1.807, 2.05) is 19.2 Å². The molecule has 0 aliphatic carbocycles. The zero-order valence-corrected chi connectivity index (χ0v) is 22.4. The maximum Gasteiger partial charge on any atom is 0.227 e. The van der Waals surface area contributed by atoms with Gasteiger partial charge in [0.1, 0.15) is 5.58 Å². The molecule has 4 heterocycles. The second-order valence-corrected chi connectivity index (χ2v) is 10.3. The van der Waals surface area contributed by atoms with Crippen molar-refractivity contribution in [3.05, 3.63) is 114 Å². The molecule has 0 spiro atoms. The number of furan rings is 1. The summed E-state index contributed by atoms with van der Waals surface area (Å²) >= 11 is 0. The molecule has 7 aromatic rings. The molecule has 0 radical (unpaired) electrons. The molecule has 0 bridgehead atoms. The quantitative estimate of drug-likeness (QED) is 0.240. The van der Waals surface area contributed by atoms with Gasteiger partial charge in [-0.1, -0.05) is 42.5 Å². The molecule has 4 aromatic heterocycles. The Morgan fingerprint density at radius 2 is 1.44 bits per heavy atom. The van der Waals surface area contributed by atoms with E-state index in [4.69, 9.17) is 14.4 Å². The maximum absolute atomic E-state index is 6.26. The normalized spacial score (nSPS) is 11.6. The summed E-state index contributed by atoms with van der Waals surface area (Å²) in [5.41, 5.74) is 13.3. The molecule has 188 valence electrons. The maximum atomic E-state index is 6.26. The fraction of sp³-hybridized carbons (Fsp3) is 0.114. The van der Waals surface area contributed by atoms with Crippen LogP contribution in [-0.2, 0) is 0 Å². The van der Waals surface area contributed by atoms with Crippen molar-refractivity contribution in [1.82, 2.24) is 15.0 Å². The Labute approximate surface area is 227 Å². The Bertz CT molecular complexity index is 2050. The lowest BCUT2D eigenvalue weighted by Crippen LogP contribution is -1.93. The van der Waals surface area contributed by atoms with Crippen LogP contribution in [0.2, 0.25) is 0 Å². The Balaban J connectivity index is 1.33. The largest absolute Gasteiger partial charge is 0.437 e. The van der Waals surface area contributed by atoms with E-state index in [1.54, 1.807) is 0 Å². The summed E-state index contributed by atoms with van der Waals surface area (Å²) in [4.78, 5) is 14.4. The van der Waals surface area contributed by atoms with Crippen molar-refractivity contribution < 1.29 is 4.42 Å². The molecule has 4 nitrogen and oxygen atoms in total. The average molecular weight is 506 g/mol. The lowest BCUT2D eigenvalue weighted by molar-refractivity contribution is 0.653. The van der Waals surface area contributed by atoms with Crippen molar-refractivity contribution in [1.29, 1.82) is 0 Å². The highest BCUT2D eigenvalue weighted by Gasteiger charge is 2.16. The molecule has 7 rings (SSSR count). The Hall–Kier alpha value is -4.83. The van der Waals surface area contributed by atoms with Gasteiger partial charge in [-0.15, -0.1) is 0 Å². The smallest absolute Gasteiger partial charge is 0.227 e. The first-order valence-electron chi connectivity index (χ1n) is 13.2. The molecule has 4 heteroatoms. The number of aromatic nitrogens is 3. The van der Waals surface area contributed by atoms with Crippen LogP contribution in [0.1, 0.15) is 22.4 Å². The van der Waals surface area contributed by atoms with Gasteiger partial charge < -0.3 is 4.42 Å². The molecule has 0 unspecified atom stereocenters. The molecule has 0 aliphatic heterocycles. The number of pyridine rings is 3. The van der Waals surface area contributed by atoms with E-state index in [0.717, 1.165) is 66.6 Å². The van der Waals surface area contributed by atoms with E-state index in [2.05, 4.69) is 105 Å². The molecule has 3 aromatic carbocycles. The number of hydrogen-bond donors (Lipinski definition) is 0. The minimum atomic E-state index is 0.659. The standard InChI is InChI=1S/C35H27N3O/c1-20-7-5-8-21(2)33(20)31-16-13-25-17-24(12-15-30(25)38-31)29-18-32(36-19-22(29)3)28-10-6-9-26-27-14-11-23(4)37-35(27)39-34(26)28/h5-19H,1-4H3. The summed E-state index contributed by atoms with van der Waals surface area (Å²) in [5, 5.41) is 3.18. The molecule has 0 saturated heterocycles. The Morgan fingerprint density at radius 3 is 2.28 bits per heavy atom. The van der Waals surface area contributed by atoms with Gasteiger partial charge in [-0.05, 0) is 98.0 Å². The van der Waals surface area contributed by atoms with Crippen molar-refractivity contribution in [3.63, 3.8) is 0 Å². The van der Waals surface area contributed by atoms with E-state index in [9.17, 15) is 0 Å². The van der Waals surface area contributed by atoms with Gasteiger partial charge in [-0.25, -0.2) is 9.97 Å². The van der Waals surface area contributed by atoms with Crippen molar-refractivity contribution in [2.24, 2.45) is 0 Å². The predicted octanol–water partition coefficient (Wildman–Crippen LogP) is 9.16.